The van der Waals surface area contributed by atoms with Crippen LogP contribution >= 0.6 is 11.8 Å². The zero-order valence-electron chi connectivity index (χ0n) is 22.1. The largest absolute Gasteiger partial charge is 0.371 e. The van der Waals surface area contributed by atoms with Crippen molar-refractivity contribution >= 4 is 29.2 Å². The number of hydrogen-bond donors (Lipinski definition) is 3. The van der Waals surface area contributed by atoms with Crippen LogP contribution in [0.2, 0.25) is 0 Å². The maximum absolute atomic E-state index is 6.95. The number of thioether (sulfide) groups is 1. The Morgan fingerprint density at radius 1 is 0.949 bits per heavy atom. The summed E-state index contributed by atoms with van der Waals surface area (Å²) in [5, 5.41) is 11.0. The smallest absolute Gasteiger partial charge is 0.234 e. The van der Waals surface area contributed by atoms with E-state index in [9.17, 15) is 0 Å². The number of aryl methyl sites for hydroxylation is 1. The fraction of sp³-hybridized carbons (Fsp3) is 0.414. The first-order chi connectivity index (χ1) is 19.1. The molecule has 202 valence electrons. The fourth-order valence-corrected chi connectivity index (χ4v) is 7.44. The number of rotatable bonds is 4. The number of benzene rings is 2. The first kappa shape index (κ1) is 24.7. The number of nitrogens with zero attached hydrogens (tertiary/aromatic N) is 6. The molecular formula is C29H35N9S. The highest BCUT2D eigenvalue weighted by Crippen LogP contribution is 2.38. The Morgan fingerprint density at radius 3 is 2.51 bits per heavy atom. The Bertz CT molecular complexity index is 1380. The molecule has 2 aromatic carbocycles. The fourth-order valence-electron chi connectivity index (χ4n) is 6.40. The molecule has 39 heavy (non-hydrogen) atoms. The van der Waals surface area contributed by atoms with Crippen LogP contribution in [0.5, 0.6) is 0 Å². The van der Waals surface area contributed by atoms with Gasteiger partial charge in [-0.25, -0.2) is 10.0 Å². The molecule has 1 unspecified atom stereocenters. The van der Waals surface area contributed by atoms with Gasteiger partial charge in [-0.3, -0.25) is 11.2 Å². The van der Waals surface area contributed by atoms with Gasteiger partial charge in [-0.1, -0.05) is 30.3 Å². The van der Waals surface area contributed by atoms with E-state index >= 15 is 0 Å². The van der Waals surface area contributed by atoms with Gasteiger partial charge in [0.2, 0.25) is 11.7 Å². The minimum Gasteiger partial charge on any atom is -0.371 e. The number of anilines is 2. The normalized spacial score (nSPS) is 23.7. The molecule has 0 aliphatic carbocycles. The zero-order chi connectivity index (χ0) is 26.4. The molecule has 2 fully saturated rings. The van der Waals surface area contributed by atoms with Crippen LogP contribution in [0.3, 0.4) is 0 Å². The minimum atomic E-state index is -1.23. The van der Waals surface area contributed by atoms with Gasteiger partial charge in [0.1, 0.15) is 0 Å². The van der Waals surface area contributed by atoms with E-state index in [0.717, 1.165) is 53.7 Å². The molecular weight excluding hydrogens is 506 g/mol. The standard InChI is InChI=1S/C29H35N9S/c30-28-32-29(31,21-7-9-22(10-8-21)37-16-11-23(12-17-37)36-14-3-4-15-36)38(35-28)26-19-20-13-18-39-25-6-2-1-5-24(25)27(20)34-33-26/h1-2,5-10,19,23H,3-4,11-18,31H2,(H3,30,32,35). The molecule has 5 heterocycles. The second-order valence-corrected chi connectivity index (χ2v) is 12.0. The van der Waals surface area contributed by atoms with Crippen LogP contribution < -0.4 is 26.8 Å². The van der Waals surface area contributed by atoms with Crippen LogP contribution in [0.1, 0.15) is 36.8 Å². The lowest BCUT2D eigenvalue weighted by Crippen LogP contribution is -2.55. The molecule has 10 heteroatoms. The average Bonchev–Trinajstić information content (AvgIpc) is 3.57. The van der Waals surface area contributed by atoms with E-state index in [0.29, 0.717) is 5.82 Å². The van der Waals surface area contributed by atoms with Crippen LogP contribution in [0.4, 0.5) is 11.5 Å². The number of guanidine groups is 1. The van der Waals surface area contributed by atoms with E-state index in [1.165, 1.54) is 49.4 Å². The predicted molar refractivity (Wildman–Crippen MR) is 157 cm³/mol. The number of piperidine rings is 1. The maximum Gasteiger partial charge on any atom is 0.234 e. The van der Waals surface area contributed by atoms with Gasteiger partial charge in [0, 0.05) is 46.6 Å². The van der Waals surface area contributed by atoms with Crippen molar-refractivity contribution in [3.05, 3.63) is 65.7 Å². The third kappa shape index (κ3) is 4.50. The lowest BCUT2D eigenvalue weighted by atomic mass is 10.0. The third-order valence-corrected chi connectivity index (χ3v) is 9.57. The first-order valence-corrected chi connectivity index (χ1v) is 15.0. The number of likely N-dealkylation sites (tertiary alicyclic amines) is 1. The number of nitrogens with one attached hydrogen (secondary N) is 1. The Kier molecular flexibility index (Phi) is 6.33. The summed E-state index contributed by atoms with van der Waals surface area (Å²) < 4.78 is 0. The molecule has 3 aromatic rings. The summed E-state index contributed by atoms with van der Waals surface area (Å²) in [5.74, 6) is 0.596. The van der Waals surface area contributed by atoms with E-state index in [1.807, 2.05) is 17.8 Å². The monoisotopic (exact) mass is 541 g/mol. The molecule has 0 spiro atoms. The number of hydrazine groups is 1. The molecule has 1 atom stereocenters. The quantitative estimate of drug-likeness (QED) is 0.458. The number of hydrogen-bond acceptors (Lipinski definition) is 10. The van der Waals surface area contributed by atoms with Crippen LogP contribution in [0.15, 0.2) is 64.5 Å². The van der Waals surface area contributed by atoms with Crippen LogP contribution in [-0.4, -0.2) is 59.0 Å². The lowest BCUT2D eigenvalue weighted by molar-refractivity contribution is 0.208. The van der Waals surface area contributed by atoms with Crippen molar-refractivity contribution in [1.29, 1.82) is 0 Å². The Hall–Kier alpha value is -3.34. The number of aromatic nitrogens is 2. The minimum absolute atomic E-state index is 0.253. The first-order valence-electron chi connectivity index (χ1n) is 14.0. The van der Waals surface area contributed by atoms with Gasteiger partial charge in [0.05, 0.1) is 5.69 Å². The number of aliphatic imine (C=N–C) groups is 1. The zero-order valence-corrected chi connectivity index (χ0v) is 22.9. The predicted octanol–water partition coefficient (Wildman–Crippen LogP) is 3.26. The van der Waals surface area contributed by atoms with Crippen molar-refractivity contribution in [2.45, 2.75) is 48.8 Å². The Morgan fingerprint density at radius 2 is 1.72 bits per heavy atom. The molecule has 7 rings (SSSR count). The van der Waals surface area contributed by atoms with E-state index in [-0.39, 0.29) is 5.96 Å². The van der Waals surface area contributed by atoms with E-state index in [4.69, 9.17) is 11.5 Å². The number of nitrogens with two attached hydrogens (primary N) is 2. The van der Waals surface area contributed by atoms with Gasteiger partial charge in [-0.05, 0) is 75.0 Å². The van der Waals surface area contributed by atoms with E-state index < -0.39 is 5.79 Å². The van der Waals surface area contributed by atoms with Gasteiger partial charge >= 0.3 is 0 Å². The van der Waals surface area contributed by atoms with Crippen molar-refractivity contribution < 1.29 is 0 Å². The molecule has 0 saturated carbocycles. The molecule has 4 aliphatic rings. The van der Waals surface area contributed by atoms with Gasteiger partial charge in [0.25, 0.3) is 0 Å². The van der Waals surface area contributed by atoms with E-state index in [1.54, 1.807) is 5.01 Å². The topological polar surface area (TPSA) is 112 Å². The Balaban J connectivity index is 1.12. The summed E-state index contributed by atoms with van der Waals surface area (Å²) in [5.41, 5.74) is 21.5. The highest BCUT2D eigenvalue weighted by atomic mass is 32.2. The molecule has 0 radical (unpaired) electrons. The molecule has 2 saturated heterocycles. The number of fused-ring (bicyclic) bond motifs is 3. The van der Waals surface area contributed by atoms with Crippen LogP contribution in [0, 0.1) is 0 Å². The van der Waals surface area contributed by atoms with Gasteiger partial charge in [-0.15, -0.1) is 22.0 Å². The highest BCUT2D eigenvalue weighted by molar-refractivity contribution is 7.99. The van der Waals surface area contributed by atoms with Crippen molar-refractivity contribution in [2.75, 3.05) is 41.8 Å². The molecule has 4 aliphatic heterocycles. The Labute approximate surface area is 233 Å². The molecule has 1 aromatic heterocycles. The SMILES string of the molecule is NC1=NC(N)(c2ccc(N3CCC(N4CCCC4)CC3)cc2)N(c2cc3c(nn2)-c2ccccc2SCC3)N1. The van der Waals surface area contributed by atoms with Crippen molar-refractivity contribution in [1.82, 2.24) is 20.5 Å². The highest BCUT2D eigenvalue weighted by Gasteiger charge is 2.42. The lowest BCUT2D eigenvalue weighted by Gasteiger charge is -2.38. The van der Waals surface area contributed by atoms with Crippen LogP contribution in [0.25, 0.3) is 11.3 Å². The summed E-state index contributed by atoms with van der Waals surface area (Å²) >= 11 is 1.85. The average molecular weight is 542 g/mol. The van der Waals surface area contributed by atoms with Gasteiger partial charge in [-0.2, -0.15) is 0 Å². The van der Waals surface area contributed by atoms with Crippen molar-refractivity contribution in [2.24, 2.45) is 16.5 Å². The summed E-state index contributed by atoms with van der Waals surface area (Å²) in [4.78, 5) is 11.0. The summed E-state index contributed by atoms with van der Waals surface area (Å²) in [6.45, 7) is 4.71. The van der Waals surface area contributed by atoms with Crippen LogP contribution in [-0.2, 0) is 12.2 Å². The summed E-state index contributed by atoms with van der Waals surface area (Å²) in [7, 11) is 0. The second-order valence-electron chi connectivity index (χ2n) is 10.8. The summed E-state index contributed by atoms with van der Waals surface area (Å²) in [6, 6.07) is 19.6. The molecule has 9 nitrogen and oxygen atoms in total. The van der Waals surface area contributed by atoms with Crippen molar-refractivity contribution in [3.8, 4) is 11.3 Å². The maximum atomic E-state index is 6.95. The van der Waals surface area contributed by atoms with E-state index in [2.05, 4.69) is 78.9 Å². The molecule has 0 amide bonds. The molecule has 0 bridgehead atoms. The third-order valence-electron chi connectivity index (χ3n) is 8.50. The van der Waals surface area contributed by atoms with Gasteiger partial charge in [0.15, 0.2) is 5.82 Å². The second kappa shape index (κ2) is 10.0. The molecule has 5 N–H and O–H groups in total. The van der Waals surface area contributed by atoms with Crippen molar-refractivity contribution in [3.63, 3.8) is 0 Å². The summed E-state index contributed by atoms with van der Waals surface area (Å²) in [6.07, 6.45) is 6.04. The van der Waals surface area contributed by atoms with Gasteiger partial charge < -0.3 is 15.5 Å².